The number of hydrogen-bond donors (Lipinski definition) is 1. The molecule has 0 fully saturated rings. The highest BCUT2D eigenvalue weighted by Gasteiger charge is 1.98. The Morgan fingerprint density at radius 1 is 1.45 bits per heavy atom. The maximum atomic E-state index is 3.93. The van der Waals surface area contributed by atoms with Crippen molar-refractivity contribution in [1.29, 1.82) is 0 Å². The maximum absolute atomic E-state index is 3.93. The number of nitrogens with zero attached hydrogens (tertiary/aromatic N) is 1. The molecule has 0 amide bonds. The largest absolute Gasteiger partial charge is 0.372 e. The van der Waals surface area contributed by atoms with E-state index in [1.165, 1.54) is 19.3 Å². The molecule has 2 heteroatoms. The Hall–Kier alpha value is -0.530. The molecule has 1 atom stereocenters. The van der Waals surface area contributed by atoms with Gasteiger partial charge in [0, 0.05) is 6.04 Å². The quantitative estimate of drug-likeness (QED) is 0.651. The highest BCUT2D eigenvalue weighted by Crippen LogP contribution is 1.88. The Morgan fingerprint density at radius 2 is 2.09 bits per heavy atom. The van der Waals surface area contributed by atoms with Gasteiger partial charge in [0.05, 0.1) is 12.9 Å². The number of aliphatic imine (C=N–C) groups is 1. The van der Waals surface area contributed by atoms with Crippen molar-refractivity contribution < 1.29 is 0 Å². The fraction of sp³-hybridized carbons (Fsp3) is 0.889. The lowest BCUT2D eigenvalue weighted by Gasteiger charge is -1.94. The molecule has 2 nitrogen and oxygen atoms in total. The predicted molar refractivity (Wildman–Crippen MR) is 51.2 cm³/mol. The third kappa shape index (κ3) is 7.37. The van der Waals surface area contributed by atoms with Crippen LogP contribution in [0.4, 0.5) is 0 Å². The van der Waals surface area contributed by atoms with E-state index in [-0.39, 0.29) is 0 Å². The molecule has 0 aromatic carbocycles. The van der Waals surface area contributed by atoms with Crippen LogP contribution in [0.2, 0.25) is 0 Å². The lowest BCUT2D eigenvalue weighted by molar-refractivity contribution is 0.729. The summed E-state index contributed by atoms with van der Waals surface area (Å²) in [5.41, 5.74) is 0. The van der Waals surface area contributed by atoms with Gasteiger partial charge in [-0.25, -0.2) is 0 Å². The Balaban J connectivity index is 0.000000187. The van der Waals surface area contributed by atoms with Gasteiger partial charge in [0.15, 0.2) is 0 Å². The van der Waals surface area contributed by atoms with E-state index in [4.69, 9.17) is 0 Å². The van der Waals surface area contributed by atoms with Crippen LogP contribution >= 0.6 is 0 Å². The summed E-state index contributed by atoms with van der Waals surface area (Å²) in [6, 6.07) is 0.574. The minimum atomic E-state index is 0.574. The van der Waals surface area contributed by atoms with Gasteiger partial charge in [0.2, 0.25) is 0 Å². The van der Waals surface area contributed by atoms with Gasteiger partial charge in [-0.15, -0.1) is 0 Å². The van der Waals surface area contributed by atoms with Gasteiger partial charge in [-0.2, -0.15) is 0 Å². The second kappa shape index (κ2) is 7.58. The molecule has 1 rings (SSSR count). The highest BCUT2D eigenvalue weighted by molar-refractivity contribution is 5.56. The second-order valence-corrected chi connectivity index (χ2v) is 2.92. The van der Waals surface area contributed by atoms with Crippen molar-refractivity contribution in [1.82, 2.24) is 5.32 Å². The van der Waals surface area contributed by atoms with Crippen molar-refractivity contribution in [2.45, 2.75) is 46.1 Å². The number of nitrogens with one attached hydrogen (secondary N) is 1. The Kier molecular flexibility index (Phi) is 7.21. The lowest BCUT2D eigenvalue weighted by atomic mass is 10.3. The van der Waals surface area contributed by atoms with Gasteiger partial charge >= 0.3 is 0 Å². The molecule has 0 bridgehead atoms. The summed E-state index contributed by atoms with van der Waals surface area (Å²) in [5, 5.41) is 3.03. The molecule has 0 saturated heterocycles. The molecule has 1 heterocycles. The summed E-state index contributed by atoms with van der Waals surface area (Å²) in [7, 11) is 0. The van der Waals surface area contributed by atoms with E-state index in [9.17, 15) is 0 Å². The van der Waals surface area contributed by atoms with Crippen molar-refractivity contribution in [2.24, 2.45) is 4.99 Å². The van der Waals surface area contributed by atoms with Crippen LogP contribution in [-0.4, -0.2) is 18.9 Å². The van der Waals surface area contributed by atoms with E-state index in [0.717, 1.165) is 6.54 Å². The number of rotatable bonds is 2. The van der Waals surface area contributed by atoms with Crippen molar-refractivity contribution in [3.05, 3.63) is 0 Å². The zero-order valence-corrected chi connectivity index (χ0v) is 7.93. The topological polar surface area (TPSA) is 24.4 Å². The standard InChI is InChI=1S/C5H12.C4H8N2/c1-3-5-4-2;1-4-2-5-3-6-4/h3-5H2,1-2H3;3-4H,2H2,1H3,(H,5,6). The molecular weight excluding hydrogens is 136 g/mol. The first-order chi connectivity index (χ1) is 5.31. The van der Waals surface area contributed by atoms with Crippen LogP contribution in [0.15, 0.2) is 4.99 Å². The van der Waals surface area contributed by atoms with Crippen LogP contribution in [0.1, 0.15) is 40.0 Å². The van der Waals surface area contributed by atoms with Gasteiger partial charge in [0.25, 0.3) is 0 Å². The zero-order valence-electron chi connectivity index (χ0n) is 7.93. The Morgan fingerprint density at radius 3 is 2.18 bits per heavy atom. The molecule has 0 radical (unpaired) electrons. The van der Waals surface area contributed by atoms with E-state index in [0.29, 0.717) is 6.04 Å². The third-order valence-corrected chi connectivity index (χ3v) is 1.54. The summed E-state index contributed by atoms with van der Waals surface area (Å²) in [5.74, 6) is 0. The molecule has 1 aliphatic heterocycles. The van der Waals surface area contributed by atoms with Crippen molar-refractivity contribution in [2.75, 3.05) is 6.54 Å². The molecule has 0 saturated carbocycles. The van der Waals surface area contributed by atoms with Gasteiger partial charge in [-0.1, -0.05) is 33.1 Å². The number of unbranched alkanes of at least 4 members (excludes halogenated alkanes) is 2. The van der Waals surface area contributed by atoms with Crippen LogP contribution in [0.25, 0.3) is 0 Å². The van der Waals surface area contributed by atoms with Crippen molar-refractivity contribution >= 4 is 6.34 Å². The van der Waals surface area contributed by atoms with Crippen molar-refractivity contribution in [3.63, 3.8) is 0 Å². The smallest absolute Gasteiger partial charge is 0.0827 e. The molecule has 0 aromatic heterocycles. The molecule has 0 aliphatic carbocycles. The second-order valence-electron chi connectivity index (χ2n) is 2.92. The van der Waals surface area contributed by atoms with Crippen molar-refractivity contribution in [3.8, 4) is 0 Å². The molecule has 1 unspecified atom stereocenters. The molecular formula is C9H20N2. The van der Waals surface area contributed by atoms with Crippen LogP contribution < -0.4 is 5.32 Å². The first kappa shape index (κ1) is 10.5. The molecule has 1 aliphatic rings. The van der Waals surface area contributed by atoms with Crippen LogP contribution in [-0.2, 0) is 0 Å². The average Bonchev–Trinajstić information content (AvgIpc) is 2.43. The predicted octanol–water partition coefficient (Wildman–Crippen LogP) is 2.20. The zero-order chi connectivity index (χ0) is 8.53. The first-order valence-electron chi connectivity index (χ1n) is 4.55. The minimum Gasteiger partial charge on any atom is -0.372 e. The normalized spacial score (nSPS) is 20.5. The lowest BCUT2D eigenvalue weighted by Crippen LogP contribution is -2.19. The van der Waals surface area contributed by atoms with E-state index in [2.05, 4.69) is 31.1 Å². The monoisotopic (exact) mass is 156 g/mol. The van der Waals surface area contributed by atoms with Gasteiger partial charge in [0.1, 0.15) is 0 Å². The fourth-order valence-electron chi connectivity index (χ4n) is 0.797. The summed E-state index contributed by atoms with van der Waals surface area (Å²) < 4.78 is 0. The summed E-state index contributed by atoms with van der Waals surface area (Å²) in [6.07, 6.45) is 5.83. The van der Waals surface area contributed by atoms with Gasteiger partial charge in [-0.3, -0.25) is 4.99 Å². The Bertz CT molecular complexity index is 89.7. The van der Waals surface area contributed by atoms with Crippen LogP contribution in [0, 0.1) is 0 Å². The highest BCUT2D eigenvalue weighted by atomic mass is 15.0. The summed E-state index contributed by atoms with van der Waals surface area (Å²) in [6.45, 7) is 7.47. The molecule has 11 heavy (non-hydrogen) atoms. The molecule has 0 spiro atoms. The van der Waals surface area contributed by atoms with E-state index in [1.54, 1.807) is 6.34 Å². The fourth-order valence-corrected chi connectivity index (χ4v) is 0.797. The Labute approximate surface area is 70.1 Å². The molecule has 1 N–H and O–H groups in total. The van der Waals surface area contributed by atoms with E-state index >= 15 is 0 Å². The first-order valence-corrected chi connectivity index (χ1v) is 4.55. The summed E-state index contributed by atoms with van der Waals surface area (Å²) >= 11 is 0. The average molecular weight is 156 g/mol. The van der Waals surface area contributed by atoms with Crippen LogP contribution in [0.3, 0.4) is 0 Å². The third-order valence-electron chi connectivity index (χ3n) is 1.54. The van der Waals surface area contributed by atoms with E-state index in [1.807, 2.05) is 0 Å². The maximum Gasteiger partial charge on any atom is 0.0827 e. The van der Waals surface area contributed by atoms with Gasteiger partial charge in [-0.05, 0) is 6.92 Å². The van der Waals surface area contributed by atoms with E-state index < -0.39 is 0 Å². The molecule has 66 valence electrons. The number of hydrogen-bond acceptors (Lipinski definition) is 2. The minimum absolute atomic E-state index is 0.574. The molecule has 0 aromatic rings. The SMILES string of the molecule is CC1CN=CN1.CCCCC. The van der Waals surface area contributed by atoms with Gasteiger partial charge < -0.3 is 5.32 Å². The van der Waals surface area contributed by atoms with Crippen LogP contribution in [0.5, 0.6) is 0 Å². The summed E-state index contributed by atoms with van der Waals surface area (Å²) in [4.78, 5) is 3.93.